The average Bonchev–Trinajstić information content (AvgIpc) is 2.43. The molecule has 0 bridgehead atoms. The van der Waals surface area contributed by atoms with Crippen LogP contribution in [-0.4, -0.2) is 27.8 Å². The van der Waals surface area contributed by atoms with Gasteiger partial charge in [-0.15, -0.1) is 0 Å². The van der Waals surface area contributed by atoms with Gasteiger partial charge in [-0.1, -0.05) is 6.92 Å². The number of hydrogen-bond donors (Lipinski definition) is 3. The summed E-state index contributed by atoms with van der Waals surface area (Å²) in [6.45, 7) is 6.11. The zero-order chi connectivity index (χ0) is 10.7. The van der Waals surface area contributed by atoms with Crippen LogP contribution in [0.4, 0.5) is 0 Å². The van der Waals surface area contributed by atoms with Crippen LogP contribution >= 0.6 is 0 Å². The summed E-state index contributed by atoms with van der Waals surface area (Å²) in [6.07, 6.45) is 0. The van der Waals surface area contributed by atoms with Crippen LogP contribution in [0.15, 0.2) is 0 Å². The maximum Gasteiger partial charge on any atom is 0.325 e. The second-order valence-corrected chi connectivity index (χ2v) is 3.18. The number of aliphatic carboxylic acids is 1. The van der Waals surface area contributed by atoms with Gasteiger partial charge in [-0.3, -0.25) is 9.89 Å². The van der Waals surface area contributed by atoms with E-state index in [0.29, 0.717) is 6.54 Å². The molecule has 0 aliphatic rings. The smallest absolute Gasteiger partial charge is 0.325 e. The highest BCUT2D eigenvalue weighted by atomic mass is 16.4. The zero-order valence-corrected chi connectivity index (χ0v) is 8.59. The van der Waals surface area contributed by atoms with E-state index >= 15 is 0 Å². The summed E-state index contributed by atoms with van der Waals surface area (Å²) in [7, 11) is 0. The summed E-state index contributed by atoms with van der Waals surface area (Å²) >= 11 is 0. The number of hydrogen-bond acceptors (Lipinski definition) is 3. The van der Waals surface area contributed by atoms with Crippen molar-refractivity contribution in [3.63, 3.8) is 0 Å². The number of carboxylic acid groups (broad SMARTS) is 1. The molecule has 14 heavy (non-hydrogen) atoms. The molecule has 0 aliphatic heterocycles. The van der Waals surface area contributed by atoms with Gasteiger partial charge in [-0.2, -0.15) is 5.10 Å². The van der Waals surface area contributed by atoms with Gasteiger partial charge >= 0.3 is 5.97 Å². The average molecular weight is 197 g/mol. The topological polar surface area (TPSA) is 78.0 Å². The molecule has 5 heteroatoms. The quantitative estimate of drug-likeness (QED) is 0.666. The third-order valence-corrected chi connectivity index (χ3v) is 2.13. The molecule has 0 saturated heterocycles. The van der Waals surface area contributed by atoms with Gasteiger partial charge in [0.05, 0.1) is 5.69 Å². The van der Waals surface area contributed by atoms with Crippen LogP contribution in [0.2, 0.25) is 0 Å². The predicted octanol–water partition coefficient (Wildman–Crippen LogP) is 0.762. The lowest BCUT2D eigenvalue weighted by Gasteiger charge is -2.13. The van der Waals surface area contributed by atoms with Crippen molar-refractivity contribution in [2.45, 2.75) is 26.8 Å². The molecule has 78 valence electrons. The van der Waals surface area contributed by atoms with E-state index in [1.54, 1.807) is 6.92 Å². The van der Waals surface area contributed by atoms with Crippen molar-refractivity contribution in [2.75, 3.05) is 6.54 Å². The van der Waals surface area contributed by atoms with Crippen LogP contribution in [0, 0.1) is 13.8 Å². The molecule has 1 aromatic rings. The zero-order valence-electron chi connectivity index (χ0n) is 8.59. The normalized spacial score (nSPS) is 12.8. The maximum atomic E-state index is 11.0. The van der Waals surface area contributed by atoms with Gasteiger partial charge in [0, 0.05) is 11.3 Å². The molecule has 0 amide bonds. The van der Waals surface area contributed by atoms with E-state index in [0.717, 1.165) is 17.0 Å². The Morgan fingerprint density at radius 1 is 1.64 bits per heavy atom. The Morgan fingerprint density at radius 3 is 2.64 bits per heavy atom. The number of nitrogens with zero attached hydrogens (tertiary/aromatic N) is 1. The minimum atomic E-state index is -0.876. The van der Waals surface area contributed by atoms with Crippen LogP contribution < -0.4 is 5.32 Å². The maximum absolute atomic E-state index is 11.0. The summed E-state index contributed by atoms with van der Waals surface area (Å²) in [6, 6.07) is -0.668. The highest BCUT2D eigenvalue weighted by molar-refractivity contribution is 5.76. The fraction of sp³-hybridized carbons (Fsp3) is 0.556. The van der Waals surface area contributed by atoms with E-state index in [1.165, 1.54) is 0 Å². The number of aromatic nitrogens is 2. The lowest BCUT2D eigenvalue weighted by Crippen LogP contribution is -2.29. The fourth-order valence-electron chi connectivity index (χ4n) is 1.50. The van der Waals surface area contributed by atoms with Gasteiger partial charge in [0.1, 0.15) is 6.04 Å². The Bertz CT molecular complexity index is 313. The van der Waals surface area contributed by atoms with Crippen LogP contribution in [0.5, 0.6) is 0 Å². The molecule has 0 spiro atoms. The van der Waals surface area contributed by atoms with Gasteiger partial charge in [-0.25, -0.2) is 0 Å². The number of aromatic amines is 1. The first kappa shape index (κ1) is 10.7. The van der Waals surface area contributed by atoms with Gasteiger partial charge in [0.25, 0.3) is 0 Å². The number of carboxylic acids is 1. The molecule has 1 rings (SSSR count). The van der Waals surface area contributed by atoms with Gasteiger partial charge < -0.3 is 10.4 Å². The summed E-state index contributed by atoms with van der Waals surface area (Å²) in [5.74, 6) is -0.876. The Balaban J connectivity index is 3.04. The first-order chi connectivity index (χ1) is 6.57. The Hall–Kier alpha value is -1.36. The first-order valence-electron chi connectivity index (χ1n) is 4.55. The van der Waals surface area contributed by atoms with E-state index in [9.17, 15) is 4.79 Å². The minimum Gasteiger partial charge on any atom is -0.480 e. The van der Waals surface area contributed by atoms with Crippen molar-refractivity contribution >= 4 is 5.97 Å². The molecule has 1 unspecified atom stereocenters. The Morgan fingerprint density at radius 2 is 2.29 bits per heavy atom. The molecule has 1 aromatic heterocycles. The van der Waals surface area contributed by atoms with Crippen LogP contribution in [0.25, 0.3) is 0 Å². The number of H-pyrrole nitrogens is 1. The predicted molar refractivity (Wildman–Crippen MR) is 52.1 cm³/mol. The summed E-state index contributed by atoms with van der Waals surface area (Å²) in [4.78, 5) is 11.0. The molecule has 1 heterocycles. The SMILES string of the molecule is CCNC(C(=O)O)c1c(C)n[nH]c1C. The van der Waals surface area contributed by atoms with Gasteiger partial charge in [0.15, 0.2) is 0 Å². The molecule has 3 N–H and O–H groups in total. The van der Waals surface area contributed by atoms with Crippen molar-refractivity contribution in [3.05, 3.63) is 17.0 Å². The molecule has 0 saturated carbocycles. The fourth-order valence-corrected chi connectivity index (χ4v) is 1.50. The lowest BCUT2D eigenvalue weighted by atomic mass is 10.1. The van der Waals surface area contributed by atoms with Gasteiger partial charge in [0.2, 0.25) is 0 Å². The van der Waals surface area contributed by atoms with Crippen LogP contribution in [0.1, 0.15) is 29.9 Å². The second kappa shape index (κ2) is 4.23. The molecule has 0 aliphatic carbocycles. The van der Waals surface area contributed by atoms with E-state index in [2.05, 4.69) is 15.5 Å². The molecule has 0 aromatic carbocycles. The number of nitrogens with one attached hydrogen (secondary N) is 2. The standard InChI is InChI=1S/C9H15N3O2/c1-4-10-8(9(13)14)7-5(2)11-12-6(7)3/h8,10H,4H2,1-3H3,(H,11,12)(H,13,14). The monoisotopic (exact) mass is 197 g/mol. The number of likely N-dealkylation sites (N-methyl/N-ethyl adjacent to an activating group) is 1. The van der Waals surface area contributed by atoms with E-state index in [1.807, 2.05) is 13.8 Å². The molecule has 0 fully saturated rings. The summed E-state index contributed by atoms with van der Waals surface area (Å²) < 4.78 is 0. The third kappa shape index (κ3) is 1.93. The second-order valence-electron chi connectivity index (χ2n) is 3.18. The highest BCUT2D eigenvalue weighted by Crippen LogP contribution is 2.19. The molecular formula is C9H15N3O2. The molecule has 0 radical (unpaired) electrons. The number of carbonyl (C=O) groups is 1. The molecule has 5 nitrogen and oxygen atoms in total. The van der Waals surface area contributed by atoms with Crippen molar-refractivity contribution in [1.29, 1.82) is 0 Å². The van der Waals surface area contributed by atoms with Crippen LogP contribution in [-0.2, 0) is 4.79 Å². The van der Waals surface area contributed by atoms with E-state index < -0.39 is 12.0 Å². The molecule has 1 atom stereocenters. The largest absolute Gasteiger partial charge is 0.480 e. The van der Waals surface area contributed by atoms with Crippen molar-refractivity contribution < 1.29 is 9.90 Å². The van der Waals surface area contributed by atoms with Gasteiger partial charge in [-0.05, 0) is 20.4 Å². The highest BCUT2D eigenvalue weighted by Gasteiger charge is 2.23. The van der Waals surface area contributed by atoms with E-state index in [-0.39, 0.29) is 0 Å². The summed E-state index contributed by atoms with van der Waals surface area (Å²) in [5.41, 5.74) is 2.27. The number of rotatable bonds is 4. The van der Waals surface area contributed by atoms with Crippen molar-refractivity contribution in [1.82, 2.24) is 15.5 Å². The Labute approximate surface area is 82.5 Å². The third-order valence-electron chi connectivity index (χ3n) is 2.13. The lowest BCUT2D eigenvalue weighted by molar-refractivity contribution is -0.139. The van der Waals surface area contributed by atoms with E-state index in [4.69, 9.17) is 5.11 Å². The molecular weight excluding hydrogens is 182 g/mol. The van der Waals surface area contributed by atoms with Crippen molar-refractivity contribution in [2.24, 2.45) is 0 Å². The first-order valence-corrected chi connectivity index (χ1v) is 4.55. The Kier molecular flexibility index (Phi) is 3.24. The van der Waals surface area contributed by atoms with Crippen LogP contribution in [0.3, 0.4) is 0 Å². The number of aryl methyl sites for hydroxylation is 2. The van der Waals surface area contributed by atoms with Crippen molar-refractivity contribution in [3.8, 4) is 0 Å². The minimum absolute atomic E-state index is 0.612. The summed E-state index contributed by atoms with van der Waals surface area (Å²) in [5, 5.41) is 18.7.